The molecule has 13 heavy (non-hydrogen) atoms. The predicted molar refractivity (Wildman–Crippen MR) is 51.6 cm³/mol. The number of hydrogen-bond acceptors (Lipinski definition) is 4. The van der Waals surface area contributed by atoms with E-state index < -0.39 is 0 Å². The summed E-state index contributed by atoms with van der Waals surface area (Å²) >= 11 is 0. The minimum Gasteiger partial charge on any atom is -0.355 e. The zero-order valence-electron chi connectivity index (χ0n) is 7.77. The van der Waals surface area contributed by atoms with Gasteiger partial charge in [0.1, 0.15) is 12.1 Å². The first-order valence-corrected chi connectivity index (χ1v) is 4.55. The van der Waals surface area contributed by atoms with Gasteiger partial charge in [-0.05, 0) is 13.3 Å². The molecule has 1 saturated heterocycles. The molecule has 0 aromatic carbocycles. The maximum Gasteiger partial charge on any atom is 0.132 e. The normalized spacial score (nSPS) is 22.3. The SMILES string of the molecule is Cc1cc(N2CC[C@@H](N)C2)ncn1. The first-order chi connectivity index (χ1) is 6.25. The standard InChI is InChI=1S/C9H14N4/c1-7-4-9(12-6-11-7)13-3-2-8(10)5-13/h4,6,8H,2-3,5,10H2,1H3/t8-/m1/s1. The van der Waals surface area contributed by atoms with Crippen LogP contribution in [-0.4, -0.2) is 29.1 Å². The third-order valence-electron chi connectivity index (χ3n) is 2.34. The lowest BCUT2D eigenvalue weighted by atomic mass is 10.3. The van der Waals surface area contributed by atoms with Crippen LogP contribution in [0.5, 0.6) is 0 Å². The number of rotatable bonds is 1. The summed E-state index contributed by atoms with van der Waals surface area (Å²) in [5.74, 6) is 1.00. The summed E-state index contributed by atoms with van der Waals surface area (Å²) in [5.41, 5.74) is 6.82. The zero-order valence-corrected chi connectivity index (χ0v) is 7.77. The van der Waals surface area contributed by atoms with Crippen molar-refractivity contribution in [2.45, 2.75) is 19.4 Å². The maximum absolute atomic E-state index is 5.82. The summed E-state index contributed by atoms with van der Waals surface area (Å²) in [6.45, 7) is 3.90. The van der Waals surface area contributed by atoms with Crippen LogP contribution in [0.15, 0.2) is 12.4 Å². The first kappa shape index (κ1) is 8.44. The van der Waals surface area contributed by atoms with E-state index in [1.165, 1.54) is 0 Å². The largest absolute Gasteiger partial charge is 0.355 e. The molecule has 2 heterocycles. The van der Waals surface area contributed by atoms with Gasteiger partial charge in [0.15, 0.2) is 0 Å². The van der Waals surface area contributed by atoms with Gasteiger partial charge < -0.3 is 10.6 Å². The van der Waals surface area contributed by atoms with Crippen LogP contribution < -0.4 is 10.6 Å². The van der Waals surface area contributed by atoms with Gasteiger partial charge in [-0.3, -0.25) is 0 Å². The molecule has 0 amide bonds. The molecule has 1 aromatic heterocycles. The van der Waals surface area contributed by atoms with Gasteiger partial charge in [0.2, 0.25) is 0 Å². The van der Waals surface area contributed by atoms with Gasteiger partial charge in [-0.15, -0.1) is 0 Å². The van der Waals surface area contributed by atoms with Crippen LogP contribution in [0.2, 0.25) is 0 Å². The molecule has 2 N–H and O–H groups in total. The summed E-state index contributed by atoms with van der Waals surface area (Å²) in [5, 5.41) is 0. The lowest BCUT2D eigenvalue weighted by Gasteiger charge is -2.16. The van der Waals surface area contributed by atoms with E-state index >= 15 is 0 Å². The van der Waals surface area contributed by atoms with Gasteiger partial charge in [0.25, 0.3) is 0 Å². The highest BCUT2D eigenvalue weighted by Gasteiger charge is 2.19. The maximum atomic E-state index is 5.82. The van der Waals surface area contributed by atoms with Gasteiger partial charge in [-0.25, -0.2) is 9.97 Å². The van der Waals surface area contributed by atoms with Crippen molar-refractivity contribution in [2.75, 3.05) is 18.0 Å². The van der Waals surface area contributed by atoms with Crippen molar-refractivity contribution in [2.24, 2.45) is 5.73 Å². The van der Waals surface area contributed by atoms with Crippen LogP contribution in [0, 0.1) is 6.92 Å². The predicted octanol–water partition coefficient (Wildman–Crippen LogP) is 0.322. The molecule has 0 spiro atoms. The van der Waals surface area contributed by atoms with Crippen molar-refractivity contribution in [1.29, 1.82) is 0 Å². The third-order valence-corrected chi connectivity index (χ3v) is 2.34. The van der Waals surface area contributed by atoms with E-state index in [-0.39, 0.29) is 0 Å². The van der Waals surface area contributed by atoms with Crippen molar-refractivity contribution in [1.82, 2.24) is 9.97 Å². The highest BCUT2D eigenvalue weighted by molar-refractivity contribution is 5.40. The van der Waals surface area contributed by atoms with Crippen LogP contribution in [0.3, 0.4) is 0 Å². The molecule has 0 unspecified atom stereocenters. The van der Waals surface area contributed by atoms with E-state index in [4.69, 9.17) is 5.73 Å². The molecule has 0 radical (unpaired) electrons. The van der Waals surface area contributed by atoms with Crippen LogP contribution in [0.25, 0.3) is 0 Å². The second-order valence-electron chi connectivity index (χ2n) is 3.51. The molecule has 0 aliphatic carbocycles. The average molecular weight is 178 g/mol. The highest BCUT2D eigenvalue weighted by Crippen LogP contribution is 2.16. The lowest BCUT2D eigenvalue weighted by Crippen LogP contribution is -2.26. The van der Waals surface area contributed by atoms with E-state index in [1.807, 2.05) is 13.0 Å². The number of nitrogens with zero attached hydrogens (tertiary/aromatic N) is 3. The van der Waals surface area contributed by atoms with E-state index in [0.29, 0.717) is 6.04 Å². The zero-order chi connectivity index (χ0) is 9.26. The van der Waals surface area contributed by atoms with Crippen molar-refractivity contribution < 1.29 is 0 Å². The molecule has 0 bridgehead atoms. The first-order valence-electron chi connectivity index (χ1n) is 4.55. The van der Waals surface area contributed by atoms with Gasteiger partial charge in [-0.2, -0.15) is 0 Å². The topological polar surface area (TPSA) is 55.0 Å². The summed E-state index contributed by atoms with van der Waals surface area (Å²) in [6, 6.07) is 2.30. The molecule has 2 rings (SSSR count). The minimum absolute atomic E-state index is 0.301. The molecular weight excluding hydrogens is 164 g/mol. The summed E-state index contributed by atoms with van der Waals surface area (Å²) < 4.78 is 0. The Morgan fingerprint density at radius 2 is 2.38 bits per heavy atom. The number of aromatic nitrogens is 2. The Kier molecular flexibility index (Phi) is 2.14. The molecule has 1 aliphatic heterocycles. The van der Waals surface area contributed by atoms with Gasteiger partial charge in [0.05, 0.1) is 0 Å². The Hall–Kier alpha value is -1.16. The Bertz CT molecular complexity index is 299. The summed E-state index contributed by atoms with van der Waals surface area (Å²) in [4.78, 5) is 10.5. The van der Waals surface area contributed by atoms with E-state index in [1.54, 1.807) is 6.33 Å². The molecule has 4 nitrogen and oxygen atoms in total. The molecule has 1 aromatic rings. The van der Waals surface area contributed by atoms with Crippen LogP contribution in [0.4, 0.5) is 5.82 Å². The molecule has 4 heteroatoms. The van der Waals surface area contributed by atoms with Gasteiger partial charge in [0, 0.05) is 30.9 Å². The molecule has 0 saturated carbocycles. The lowest BCUT2D eigenvalue weighted by molar-refractivity contribution is 0.751. The van der Waals surface area contributed by atoms with Crippen LogP contribution in [0.1, 0.15) is 12.1 Å². The monoisotopic (exact) mass is 178 g/mol. The van der Waals surface area contributed by atoms with Crippen molar-refractivity contribution in [3.8, 4) is 0 Å². The number of nitrogens with two attached hydrogens (primary N) is 1. The van der Waals surface area contributed by atoms with Crippen LogP contribution in [-0.2, 0) is 0 Å². The van der Waals surface area contributed by atoms with Crippen molar-refractivity contribution in [3.05, 3.63) is 18.1 Å². The van der Waals surface area contributed by atoms with Gasteiger partial charge in [-0.1, -0.05) is 0 Å². The van der Waals surface area contributed by atoms with Gasteiger partial charge >= 0.3 is 0 Å². The average Bonchev–Trinajstić information content (AvgIpc) is 2.52. The Morgan fingerprint density at radius 1 is 1.54 bits per heavy atom. The van der Waals surface area contributed by atoms with E-state index in [0.717, 1.165) is 31.0 Å². The highest BCUT2D eigenvalue weighted by atomic mass is 15.2. The number of anilines is 1. The van der Waals surface area contributed by atoms with E-state index in [2.05, 4.69) is 14.9 Å². The Balaban J connectivity index is 2.16. The van der Waals surface area contributed by atoms with Crippen LogP contribution >= 0.6 is 0 Å². The molecule has 1 atom stereocenters. The third kappa shape index (κ3) is 1.78. The summed E-state index contributed by atoms with van der Waals surface area (Å²) in [7, 11) is 0. The smallest absolute Gasteiger partial charge is 0.132 e. The quantitative estimate of drug-likeness (QED) is 0.673. The molecule has 1 fully saturated rings. The van der Waals surface area contributed by atoms with Crippen molar-refractivity contribution in [3.63, 3.8) is 0 Å². The molecule has 70 valence electrons. The fourth-order valence-corrected chi connectivity index (χ4v) is 1.61. The fourth-order valence-electron chi connectivity index (χ4n) is 1.61. The van der Waals surface area contributed by atoms with Crippen molar-refractivity contribution >= 4 is 5.82 Å². The second-order valence-corrected chi connectivity index (χ2v) is 3.51. The van der Waals surface area contributed by atoms with E-state index in [9.17, 15) is 0 Å². The minimum atomic E-state index is 0.301. The number of aryl methyl sites for hydroxylation is 1. The summed E-state index contributed by atoms with van der Waals surface area (Å²) in [6.07, 6.45) is 2.66. The molecule has 1 aliphatic rings. The number of hydrogen-bond donors (Lipinski definition) is 1. The Morgan fingerprint density at radius 3 is 3.00 bits per heavy atom. The Labute approximate surface area is 77.8 Å². The molecular formula is C9H14N4. The fraction of sp³-hybridized carbons (Fsp3) is 0.556. The second kappa shape index (κ2) is 3.30.